The van der Waals surface area contributed by atoms with E-state index in [1.807, 2.05) is 0 Å². The molecular formula is C11H13FINO. The van der Waals surface area contributed by atoms with Crippen LogP contribution >= 0.6 is 22.6 Å². The van der Waals surface area contributed by atoms with E-state index in [2.05, 4.69) is 27.9 Å². The van der Waals surface area contributed by atoms with Crippen molar-refractivity contribution in [1.29, 1.82) is 0 Å². The van der Waals surface area contributed by atoms with Gasteiger partial charge in [0.05, 0.1) is 0 Å². The van der Waals surface area contributed by atoms with E-state index in [0.717, 1.165) is 17.3 Å². The molecule has 0 aliphatic heterocycles. The van der Waals surface area contributed by atoms with Crippen molar-refractivity contribution in [1.82, 2.24) is 0 Å². The molecule has 0 atom stereocenters. The van der Waals surface area contributed by atoms with Crippen LogP contribution in [0, 0.1) is 5.82 Å². The Morgan fingerprint density at radius 3 is 2.53 bits per heavy atom. The Hall–Kier alpha value is -0.650. The van der Waals surface area contributed by atoms with Crippen molar-refractivity contribution >= 4 is 34.2 Å². The number of amides is 1. The van der Waals surface area contributed by atoms with Gasteiger partial charge in [0.2, 0.25) is 5.91 Å². The van der Waals surface area contributed by atoms with Crippen LogP contribution < -0.4 is 5.32 Å². The summed E-state index contributed by atoms with van der Waals surface area (Å²) in [5.41, 5.74) is 0.649. The van der Waals surface area contributed by atoms with Gasteiger partial charge in [-0.2, -0.15) is 0 Å². The largest absolute Gasteiger partial charge is 0.326 e. The molecular weight excluding hydrogens is 308 g/mol. The van der Waals surface area contributed by atoms with E-state index in [0.29, 0.717) is 12.1 Å². The fraction of sp³-hybridized carbons (Fsp3) is 0.364. The Morgan fingerprint density at radius 2 is 1.93 bits per heavy atom. The SMILES string of the molecule is O=C(CCCCI)Nc1ccc(F)cc1. The molecule has 0 unspecified atom stereocenters. The van der Waals surface area contributed by atoms with Crippen molar-refractivity contribution in [2.75, 3.05) is 9.74 Å². The quantitative estimate of drug-likeness (QED) is 0.503. The van der Waals surface area contributed by atoms with Gasteiger partial charge < -0.3 is 5.32 Å². The highest BCUT2D eigenvalue weighted by Crippen LogP contribution is 2.09. The van der Waals surface area contributed by atoms with Gasteiger partial charge in [-0.25, -0.2) is 4.39 Å². The summed E-state index contributed by atoms with van der Waals surface area (Å²) >= 11 is 2.29. The molecule has 82 valence electrons. The maximum Gasteiger partial charge on any atom is 0.224 e. The number of benzene rings is 1. The van der Waals surface area contributed by atoms with Crippen molar-refractivity contribution in [2.45, 2.75) is 19.3 Å². The summed E-state index contributed by atoms with van der Waals surface area (Å²) in [5, 5.41) is 2.72. The minimum absolute atomic E-state index is 0.00791. The van der Waals surface area contributed by atoms with Gasteiger partial charge in [-0.05, 0) is 41.5 Å². The van der Waals surface area contributed by atoms with Crippen molar-refractivity contribution < 1.29 is 9.18 Å². The summed E-state index contributed by atoms with van der Waals surface area (Å²) in [7, 11) is 0. The molecule has 0 saturated heterocycles. The number of carbonyl (C=O) groups is 1. The van der Waals surface area contributed by atoms with Gasteiger partial charge >= 0.3 is 0 Å². The van der Waals surface area contributed by atoms with Gasteiger partial charge in [-0.15, -0.1) is 0 Å². The zero-order valence-electron chi connectivity index (χ0n) is 8.30. The molecule has 1 amide bonds. The molecule has 1 aromatic carbocycles. The Morgan fingerprint density at radius 1 is 1.27 bits per heavy atom. The van der Waals surface area contributed by atoms with Crippen molar-refractivity contribution in [3.05, 3.63) is 30.1 Å². The zero-order valence-corrected chi connectivity index (χ0v) is 10.5. The van der Waals surface area contributed by atoms with Crippen LogP contribution in [0.5, 0.6) is 0 Å². The normalized spacial score (nSPS) is 10.0. The summed E-state index contributed by atoms with van der Waals surface area (Å²) in [5.74, 6) is -0.302. The number of anilines is 1. The fourth-order valence-electron chi connectivity index (χ4n) is 1.14. The third-order valence-electron chi connectivity index (χ3n) is 1.92. The highest BCUT2D eigenvalue weighted by molar-refractivity contribution is 14.1. The molecule has 0 radical (unpaired) electrons. The molecule has 1 aromatic rings. The molecule has 4 heteroatoms. The third kappa shape index (κ3) is 5.11. The van der Waals surface area contributed by atoms with E-state index in [9.17, 15) is 9.18 Å². The van der Waals surface area contributed by atoms with Crippen molar-refractivity contribution in [2.24, 2.45) is 0 Å². The van der Waals surface area contributed by atoms with Gasteiger partial charge in [0.15, 0.2) is 0 Å². The fourth-order valence-corrected chi connectivity index (χ4v) is 1.68. The second-order valence-corrected chi connectivity index (χ2v) is 4.28. The number of halogens is 2. The van der Waals surface area contributed by atoms with Crippen LogP contribution in [0.4, 0.5) is 10.1 Å². The number of alkyl halides is 1. The lowest BCUT2D eigenvalue weighted by Gasteiger charge is -2.04. The van der Waals surface area contributed by atoms with Crippen LogP contribution in [0.1, 0.15) is 19.3 Å². The minimum Gasteiger partial charge on any atom is -0.326 e. The van der Waals surface area contributed by atoms with Crippen LogP contribution in [-0.2, 0) is 4.79 Å². The second-order valence-electron chi connectivity index (χ2n) is 3.20. The summed E-state index contributed by atoms with van der Waals surface area (Å²) in [4.78, 5) is 11.4. The van der Waals surface area contributed by atoms with Gasteiger partial charge in [0, 0.05) is 12.1 Å². The molecule has 1 rings (SSSR count). The van der Waals surface area contributed by atoms with E-state index < -0.39 is 0 Å². The molecule has 0 saturated carbocycles. The topological polar surface area (TPSA) is 29.1 Å². The van der Waals surface area contributed by atoms with Crippen LogP contribution in [0.15, 0.2) is 24.3 Å². The number of rotatable bonds is 5. The maximum absolute atomic E-state index is 12.6. The maximum atomic E-state index is 12.6. The van der Waals surface area contributed by atoms with E-state index in [1.54, 1.807) is 12.1 Å². The van der Waals surface area contributed by atoms with Gasteiger partial charge in [-0.1, -0.05) is 22.6 Å². The molecule has 0 fully saturated rings. The van der Waals surface area contributed by atoms with Crippen LogP contribution in [0.3, 0.4) is 0 Å². The van der Waals surface area contributed by atoms with Gasteiger partial charge in [0.25, 0.3) is 0 Å². The van der Waals surface area contributed by atoms with Gasteiger partial charge in [-0.3, -0.25) is 4.79 Å². The number of unbranched alkanes of at least 4 members (excludes halogenated alkanes) is 1. The Kier molecular flexibility index (Phi) is 5.60. The molecule has 0 bridgehead atoms. The average Bonchev–Trinajstić information content (AvgIpc) is 2.22. The van der Waals surface area contributed by atoms with E-state index >= 15 is 0 Å². The Balaban J connectivity index is 2.34. The summed E-state index contributed by atoms with van der Waals surface area (Å²) < 4.78 is 13.6. The summed E-state index contributed by atoms with van der Waals surface area (Å²) in [6.07, 6.45) is 2.48. The lowest BCUT2D eigenvalue weighted by molar-refractivity contribution is -0.116. The molecule has 0 heterocycles. The van der Waals surface area contributed by atoms with Crippen molar-refractivity contribution in [3.63, 3.8) is 0 Å². The molecule has 2 nitrogen and oxygen atoms in total. The highest BCUT2D eigenvalue weighted by atomic mass is 127. The minimum atomic E-state index is -0.294. The van der Waals surface area contributed by atoms with Crippen LogP contribution in [0.25, 0.3) is 0 Å². The van der Waals surface area contributed by atoms with Crippen LogP contribution in [0.2, 0.25) is 0 Å². The molecule has 0 aliphatic carbocycles. The first-order valence-electron chi connectivity index (χ1n) is 4.84. The highest BCUT2D eigenvalue weighted by Gasteiger charge is 2.01. The summed E-state index contributed by atoms with van der Waals surface area (Å²) in [6, 6.07) is 5.79. The predicted molar refractivity (Wildman–Crippen MR) is 67.8 cm³/mol. The second kappa shape index (κ2) is 6.76. The molecule has 1 N–H and O–H groups in total. The lowest BCUT2D eigenvalue weighted by Crippen LogP contribution is -2.10. The molecule has 15 heavy (non-hydrogen) atoms. The Bertz CT molecular complexity index is 313. The van der Waals surface area contributed by atoms with Crippen LogP contribution in [-0.4, -0.2) is 10.3 Å². The number of hydrogen-bond acceptors (Lipinski definition) is 1. The number of hydrogen-bond donors (Lipinski definition) is 1. The summed E-state index contributed by atoms with van der Waals surface area (Å²) in [6.45, 7) is 0. The van der Waals surface area contributed by atoms with E-state index in [1.165, 1.54) is 12.1 Å². The van der Waals surface area contributed by atoms with E-state index in [-0.39, 0.29) is 11.7 Å². The number of carbonyl (C=O) groups excluding carboxylic acids is 1. The zero-order chi connectivity index (χ0) is 11.1. The van der Waals surface area contributed by atoms with E-state index in [4.69, 9.17) is 0 Å². The van der Waals surface area contributed by atoms with Crippen molar-refractivity contribution in [3.8, 4) is 0 Å². The first-order chi connectivity index (χ1) is 7.22. The standard InChI is InChI=1S/C11H13FINO/c12-9-4-6-10(7-5-9)14-11(15)3-1-2-8-13/h4-7H,1-3,8H2,(H,14,15). The molecule has 0 spiro atoms. The molecule has 0 aromatic heterocycles. The lowest BCUT2D eigenvalue weighted by atomic mass is 10.2. The first-order valence-corrected chi connectivity index (χ1v) is 6.36. The number of nitrogens with one attached hydrogen (secondary N) is 1. The van der Waals surface area contributed by atoms with Gasteiger partial charge in [0.1, 0.15) is 5.82 Å². The smallest absolute Gasteiger partial charge is 0.224 e. The first kappa shape index (κ1) is 12.4. The predicted octanol–water partition coefficient (Wildman–Crippen LogP) is 3.37. The average molecular weight is 321 g/mol. The third-order valence-corrected chi connectivity index (χ3v) is 2.68. The monoisotopic (exact) mass is 321 g/mol. The molecule has 0 aliphatic rings. The Labute approximate surface area is 102 Å².